The monoisotopic (exact) mass is 373 g/mol. The van der Waals surface area contributed by atoms with Crippen molar-refractivity contribution < 1.29 is 9.21 Å². The molecule has 140 valence electrons. The van der Waals surface area contributed by atoms with Gasteiger partial charge in [-0.25, -0.2) is 0 Å². The van der Waals surface area contributed by atoms with Gasteiger partial charge in [0.25, 0.3) is 5.22 Å². The zero-order chi connectivity index (χ0) is 18.7. The number of aromatic nitrogens is 2. The first-order valence-electron chi connectivity index (χ1n) is 9.27. The van der Waals surface area contributed by atoms with Crippen LogP contribution in [-0.2, 0) is 4.79 Å². The van der Waals surface area contributed by atoms with Gasteiger partial charge >= 0.3 is 0 Å². The van der Waals surface area contributed by atoms with Crippen molar-refractivity contribution >= 4 is 17.7 Å². The first-order valence-corrected chi connectivity index (χ1v) is 10.3. The van der Waals surface area contributed by atoms with E-state index in [9.17, 15) is 4.79 Å². The van der Waals surface area contributed by atoms with E-state index in [1.165, 1.54) is 35.7 Å². The summed E-state index contributed by atoms with van der Waals surface area (Å²) in [4.78, 5) is 12.3. The van der Waals surface area contributed by atoms with Crippen molar-refractivity contribution in [3.63, 3.8) is 0 Å². The molecule has 1 heterocycles. The number of aryl methyl sites for hydroxylation is 2. The molecule has 1 aliphatic carbocycles. The lowest BCUT2D eigenvalue weighted by Gasteiger charge is -2.34. The van der Waals surface area contributed by atoms with E-state index in [-0.39, 0.29) is 11.9 Å². The first kappa shape index (κ1) is 19.0. The van der Waals surface area contributed by atoms with Gasteiger partial charge in [-0.1, -0.05) is 44.5 Å². The van der Waals surface area contributed by atoms with Crippen LogP contribution < -0.4 is 5.32 Å². The van der Waals surface area contributed by atoms with Gasteiger partial charge in [0.1, 0.15) is 0 Å². The SMILES string of the molecule is Cc1ccc(-c2nnc(SCC(=O)N[C@@H]3CCC[C@@H](C)[C@@H]3C)o2)cc1C. The fraction of sp³-hybridized carbons (Fsp3) is 0.550. The molecule has 1 fully saturated rings. The quantitative estimate of drug-likeness (QED) is 0.788. The minimum Gasteiger partial charge on any atom is -0.411 e. The molecule has 2 aromatic rings. The van der Waals surface area contributed by atoms with Crippen molar-refractivity contribution in [1.29, 1.82) is 0 Å². The molecule has 0 radical (unpaired) electrons. The van der Waals surface area contributed by atoms with Crippen molar-refractivity contribution in [3.8, 4) is 11.5 Å². The molecule has 0 unspecified atom stereocenters. The molecular weight excluding hydrogens is 346 g/mol. The second kappa shape index (κ2) is 8.25. The van der Waals surface area contributed by atoms with Gasteiger partial charge in [-0.05, 0) is 55.4 Å². The lowest BCUT2D eigenvalue weighted by atomic mass is 9.78. The molecule has 1 amide bonds. The van der Waals surface area contributed by atoms with Crippen LogP contribution in [0.1, 0.15) is 44.2 Å². The molecule has 3 rings (SSSR count). The molecule has 3 atom stereocenters. The van der Waals surface area contributed by atoms with Crippen LogP contribution in [-0.4, -0.2) is 27.9 Å². The second-order valence-electron chi connectivity index (χ2n) is 7.40. The predicted octanol–water partition coefficient (Wildman–Crippen LogP) is 4.39. The molecule has 26 heavy (non-hydrogen) atoms. The topological polar surface area (TPSA) is 68.0 Å². The third kappa shape index (κ3) is 4.47. The largest absolute Gasteiger partial charge is 0.411 e. The van der Waals surface area contributed by atoms with E-state index in [0.717, 1.165) is 12.0 Å². The summed E-state index contributed by atoms with van der Waals surface area (Å²) in [6.07, 6.45) is 3.51. The van der Waals surface area contributed by atoms with E-state index in [1.54, 1.807) is 0 Å². The lowest BCUT2D eigenvalue weighted by molar-refractivity contribution is -0.120. The summed E-state index contributed by atoms with van der Waals surface area (Å²) >= 11 is 1.29. The maximum absolute atomic E-state index is 12.3. The van der Waals surface area contributed by atoms with Crippen LogP contribution in [0.25, 0.3) is 11.5 Å². The minimum absolute atomic E-state index is 0.0341. The highest BCUT2D eigenvalue weighted by Gasteiger charge is 2.28. The molecule has 1 aliphatic rings. The van der Waals surface area contributed by atoms with Gasteiger partial charge in [-0.2, -0.15) is 0 Å². The smallest absolute Gasteiger partial charge is 0.277 e. The molecule has 1 aromatic heterocycles. The summed E-state index contributed by atoms with van der Waals surface area (Å²) in [5, 5.41) is 11.8. The number of nitrogens with zero attached hydrogens (tertiary/aromatic N) is 2. The normalized spacial score (nSPS) is 23.0. The Labute approximate surface area is 159 Å². The van der Waals surface area contributed by atoms with Crippen LogP contribution in [0, 0.1) is 25.7 Å². The minimum atomic E-state index is 0.0341. The van der Waals surface area contributed by atoms with Crippen molar-refractivity contribution in [2.75, 3.05) is 5.75 Å². The standard InChI is InChI=1S/C20H27N3O2S/c1-12-8-9-16(10-14(12)3)19-22-23-20(25-19)26-11-18(24)21-17-7-5-6-13(2)15(17)4/h8-10,13,15,17H,5-7,11H2,1-4H3,(H,21,24)/t13-,15+,17-/m1/s1. The highest BCUT2D eigenvalue weighted by atomic mass is 32.2. The van der Waals surface area contributed by atoms with Gasteiger partial charge in [0.2, 0.25) is 11.8 Å². The molecule has 0 aliphatic heterocycles. The van der Waals surface area contributed by atoms with Crippen LogP contribution in [0.4, 0.5) is 0 Å². The molecule has 0 bridgehead atoms. The van der Waals surface area contributed by atoms with E-state index >= 15 is 0 Å². The van der Waals surface area contributed by atoms with Crippen LogP contribution in [0.3, 0.4) is 0 Å². The van der Waals surface area contributed by atoms with Gasteiger partial charge < -0.3 is 9.73 Å². The number of thioether (sulfide) groups is 1. The third-order valence-electron chi connectivity index (χ3n) is 5.54. The summed E-state index contributed by atoms with van der Waals surface area (Å²) in [5.74, 6) is 2.01. The van der Waals surface area contributed by atoms with E-state index in [4.69, 9.17) is 4.42 Å². The number of hydrogen-bond acceptors (Lipinski definition) is 5. The molecule has 1 N–H and O–H groups in total. The first-order chi connectivity index (χ1) is 12.4. The summed E-state index contributed by atoms with van der Waals surface area (Å²) in [6.45, 7) is 8.63. The third-order valence-corrected chi connectivity index (χ3v) is 6.36. The Kier molecular flexibility index (Phi) is 6.01. The maximum Gasteiger partial charge on any atom is 0.277 e. The second-order valence-corrected chi connectivity index (χ2v) is 8.33. The van der Waals surface area contributed by atoms with Gasteiger partial charge in [0.15, 0.2) is 0 Å². The van der Waals surface area contributed by atoms with E-state index in [1.807, 2.05) is 18.2 Å². The molecule has 5 nitrogen and oxygen atoms in total. The molecule has 1 saturated carbocycles. The number of amides is 1. The number of rotatable bonds is 5. The average molecular weight is 374 g/mol. The zero-order valence-corrected chi connectivity index (χ0v) is 16.7. The molecule has 0 saturated heterocycles. The average Bonchev–Trinajstić information content (AvgIpc) is 3.09. The molecular formula is C20H27N3O2S. The van der Waals surface area contributed by atoms with Crippen LogP contribution in [0.15, 0.2) is 27.8 Å². The molecule has 1 aromatic carbocycles. The molecule has 6 heteroatoms. The summed E-state index contributed by atoms with van der Waals surface area (Å²) in [6, 6.07) is 6.33. The Hall–Kier alpha value is -1.82. The van der Waals surface area contributed by atoms with Crippen LogP contribution in [0.5, 0.6) is 0 Å². The van der Waals surface area contributed by atoms with Crippen molar-refractivity contribution in [1.82, 2.24) is 15.5 Å². The van der Waals surface area contributed by atoms with E-state index < -0.39 is 0 Å². The Morgan fingerprint density at radius 1 is 1.23 bits per heavy atom. The van der Waals surface area contributed by atoms with Crippen molar-refractivity contribution in [2.45, 2.75) is 58.2 Å². The fourth-order valence-electron chi connectivity index (χ4n) is 3.42. The number of benzene rings is 1. The summed E-state index contributed by atoms with van der Waals surface area (Å²) in [5.41, 5.74) is 3.32. The van der Waals surface area contributed by atoms with Crippen molar-refractivity contribution in [2.24, 2.45) is 11.8 Å². The van der Waals surface area contributed by atoms with Crippen LogP contribution in [0.2, 0.25) is 0 Å². The Morgan fingerprint density at radius 3 is 2.81 bits per heavy atom. The number of carbonyl (C=O) groups is 1. The fourth-order valence-corrected chi connectivity index (χ4v) is 3.99. The lowest BCUT2D eigenvalue weighted by Crippen LogP contribution is -2.44. The van der Waals surface area contributed by atoms with Crippen LogP contribution >= 0.6 is 11.8 Å². The highest BCUT2D eigenvalue weighted by Crippen LogP contribution is 2.30. The number of hydrogen-bond donors (Lipinski definition) is 1. The van der Waals surface area contributed by atoms with Crippen molar-refractivity contribution in [3.05, 3.63) is 29.3 Å². The Morgan fingerprint density at radius 2 is 2.04 bits per heavy atom. The number of nitrogens with one attached hydrogen (secondary N) is 1. The van der Waals surface area contributed by atoms with Gasteiger partial charge in [-0.15, -0.1) is 10.2 Å². The number of carbonyl (C=O) groups excluding carboxylic acids is 1. The summed E-state index contributed by atoms with van der Waals surface area (Å²) < 4.78 is 5.70. The van der Waals surface area contributed by atoms with E-state index in [0.29, 0.717) is 28.7 Å². The maximum atomic E-state index is 12.3. The Balaban J connectivity index is 1.54. The molecule has 0 spiro atoms. The summed E-state index contributed by atoms with van der Waals surface area (Å²) in [7, 11) is 0. The highest BCUT2D eigenvalue weighted by molar-refractivity contribution is 7.99. The van der Waals surface area contributed by atoms with Gasteiger partial charge in [-0.3, -0.25) is 4.79 Å². The van der Waals surface area contributed by atoms with E-state index in [2.05, 4.69) is 43.2 Å². The predicted molar refractivity (Wildman–Crippen MR) is 104 cm³/mol. The zero-order valence-electron chi connectivity index (χ0n) is 15.9. The van der Waals surface area contributed by atoms with Gasteiger partial charge in [0, 0.05) is 11.6 Å². The Bertz CT molecular complexity index is 774. The van der Waals surface area contributed by atoms with Gasteiger partial charge in [0.05, 0.1) is 5.75 Å².